The number of likely N-dealkylation sites (tertiary alicyclic amines) is 1. The summed E-state index contributed by atoms with van der Waals surface area (Å²) in [6.45, 7) is 7.34. The van der Waals surface area contributed by atoms with Crippen molar-refractivity contribution in [2.45, 2.75) is 19.8 Å². The fourth-order valence-electron chi connectivity index (χ4n) is 2.72. The summed E-state index contributed by atoms with van der Waals surface area (Å²) < 4.78 is 5.22. The molecule has 1 N–H and O–H groups in total. The number of nitrogens with one attached hydrogen (secondary N) is 1. The molecule has 100 valence electrons. The number of piperidine rings is 1. The van der Waals surface area contributed by atoms with Gasteiger partial charge in [0.05, 0.1) is 13.0 Å². The molecule has 0 aliphatic carbocycles. The van der Waals surface area contributed by atoms with Crippen LogP contribution >= 0.6 is 12.4 Å². The number of fused-ring (bicyclic) bond motifs is 1. The van der Waals surface area contributed by atoms with Gasteiger partial charge >= 0.3 is 0 Å². The van der Waals surface area contributed by atoms with Crippen LogP contribution < -0.4 is 5.32 Å². The van der Waals surface area contributed by atoms with Crippen LogP contribution in [0.5, 0.6) is 0 Å². The molecule has 2 aliphatic heterocycles. The molecule has 2 saturated heterocycles. The summed E-state index contributed by atoms with van der Waals surface area (Å²) in [4.78, 5) is 13.9. The van der Waals surface area contributed by atoms with Crippen molar-refractivity contribution in [3.05, 3.63) is 0 Å². The van der Waals surface area contributed by atoms with Crippen molar-refractivity contribution in [3.63, 3.8) is 0 Å². The van der Waals surface area contributed by atoms with Crippen molar-refractivity contribution >= 4 is 18.3 Å². The zero-order valence-electron chi connectivity index (χ0n) is 10.5. The first-order valence-corrected chi connectivity index (χ1v) is 6.37. The van der Waals surface area contributed by atoms with E-state index in [2.05, 4.69) is 5.32 Å². The molecule has 2 heterocycles. The van der Waals surface area contributed by atoms with Gasteiger partial charge in [0.2, 0.25) is 5.91 Å². The van der Waals surface area contributed by atoms with Crippen LogP contribution in [0, 0.1) is 11.8 Å². The first-order valence-electron chi connectivity index (χ1n) is 6.37. The van der Waals surface area contributed by atoms with E-state index in [1.54, 1.807) is 0 Å². The van der Waals surface area contributed by atoms with E-state index in [0.717, 1.165) is 38.5 Å². The zero-order chi connectivity index (χ0) is 11.4. The topological polar surface area (TPSA) is 41.6 Å². The van der Waals surface area contributed by atoms with Crippen LogP contribution in [-0.2, 0) is 9.53 Å². The molecule has 2 rings (SSSR count). The third kappa shape index (κ3) is 3.83. The largest absolute Gasteiger partial charge is 0.381 e. The van der Waals surface area contributed by atoms with Crippen molar-refractivity contribution in [3.8, 4) is 0 Å². The first kappa shape index (κ1) is 14.7. The highest BCUT2D eigenvalue weighted by atomic mass is 35.5. The van der Waals surface area contributed by atoms with E-state index in [1.165, 1.54) is 0 Å². The highest BCUT2D eigenvalue weighted by molar-refractivity contribution is 5.85. The number of halogens is 1. The van der Waals surface area contributed by atoms with Gasteiger partial charge in [-0.15, -0.1) is 12.4 Å². The summed E-state index contributed by atoms with van der Waals surface area (Å²) in [6, 6.07) is 0. The van der Waals surface area contributed by atoms with E-state index < -0.39 is 0 Å². The molecule has 4 nitrogen and oxygen atoms in total. The number of amides is 1. The molecule has 0 saturated carbocycles. The second-order valence-electron chi connectivity index (χ2n) is 4.75. The molecule has 5 heteroatoms. The molecule has 0 radical (unpaired) electrons. The van der Waals surface area contributed by atoms with Crippen molar-refractivity contribution in [1.29, 1.82) is 0 Å². The van der Waals surface area contributed by atoms with Gasteiger partial charge in [0.15, 0.2) is 0 Å². The Morgan fingerprint density at radius 3 is 2.94 bits per heavy atom. The van der Waals surface area contributed by atoms with Gasteiger partial charge in [-0.3, -0.25) is 4.79 Å². The zero-order valence-corrected chi connectivity index (χ0v) is 11.3. The molecule has 0 aromatic heterocycles. The van der Waals surface area contributed by atoms with Crippen molar-refractivity contribution < 1.29 is 9.53 Å². The highest BCUT2D eigenvalue weighted by Crippen LogP contribution is 2.26. The van der Waals surface area contributed by atoms with Crippen molar-refractivity contribution in [1.82, 2.24) is 10.2 Å². The van der Waals surface area contributed by atoms with Gasteiger partial charge < -0.3 is 15.0 Å². The van der Waals surface area contributed by atoms with E-state index in [0.29, 0.717) is 25.6 Å². The number of ether oxygens (including phenoxy) is 1. The summed E-state index contributed by atoms with van der Waals surface area (Å²) in [5, 5.41) is 3.41. The molecule has 2 atom stereocenters. The summed E-state index contributed by atoms with van der Waals surface area (Å²) >= 11 is 0. The van der Waals surface area contributed by atoms with E-state index in [-0.39, 0.29) is 18.3 Å². The lowest BCUT2D eigenvalue weighted by molar-refractivity contribution is -0.134. The Morgan fingerprint density at radius 1 is 1.41 bits per heavy atom. The number of nitrogens with zero attached hydrogens (tertiary/aromatic N) is 1. The van der Waals surface area contributed by atoms with E-state index >= 15 is 0 Å². The number of carbonyl (C=O) groups excluding carboxylic acids is 1. The van der Waals surface area contributed by atoms with Crippen LogP contribution in [0.25, 0.3) is 0 Å². The molecule has 17 heavy (non-hydrogen) atoms. The molecular weight excluding hydrogens is 240 g/mol. The maximum atomic E-state index is 11.9. The first-order chi connectivity index (χ1) is 7.81. The molecule has 0 bridgehead atoms. The predicted octanol–water partition coefficient (Wildman–Crippen LogP) is 0.903. The minimum absolute atomic E-state index is 0. The van der Waals surface area contributed by atoms with E-state index in [9.17, 15) is 4.79 Å². The Bertz CT molecular complexity index is 251. The quantitative estimate of drug-likeness (QED) is 0.766. The van der Waals surface area contributed by atoms with Gasteiger partial charge in [0, 0.05) is 19.7 Å². The van der Waals surface area contributed by atoms with Gasteiger partial charge in [-0.2, -0.15) is 0 Å². The Morgan fingerprint density at radius 2 is 2.18 bits per heavy atom. The number of rotatable bonds is 4. The predicted molar refractivity (Wildman–Crippen MR) is 69.4 cm³/mol. The van der Waals surface area contributed by atoms with Crippen LogP contribution in [-0.4, -0.2) is 50.2 Å². The van der Waals surface area contributed by atoms with E-state index in [1.807, 2.05) is 11.8 Å². The minimum Gasteiger partial charge on any atom is -0.381 e. The second-order valence-corrected chi connectivity index (χ2v) is 4.75. The molecule has 2 aliphatic rings. The number of carbonyl (C=O) groups is 1. The van der Waals surface area contributed by atoms with E-state index in [4.69, 9.17) is 4.74 Å². The van der Waals surface area contributed by atoms with Crippen LogP contribution in [0.3, 0.4) is 0 Å². The summed E-state index contributed by atoms with van der Waals surface area (Å²) in [7, 11) is 0. The lowest BCUT2D eigenvalue weighted by Gasteiger charge is -2.34. The second kappa shape index (κ2) is 7.19. The van der Waals surface area contributed by atoms with Crippen LogP contribution in [0.1, 0.15) is 19.8 Å². The minimum atomic E-state index is 0. The maximum absolute atomic E-state index is 11.9. The Hall–Kier alpha value is -0.320. The fraction of sp³-hybridized carbons (Fsp3) is 0.917. The maximum Gasteiger partial charge on any atom is 0.224 e. The normalized spacial score (nSPS) is 27.5. The van der Waals surface area contributed by atoms with Crippen molar-refractivity contribution in [2.24, 2.45) is 11.8 Å². The van der Waals surface area contributed by atoms with Crippen molar-refractivity contribution in [2.75, 3.05) is 39.4 Å². The summed E-state index contributed by atoms with van der Waals surface area (Å²) in [5.41, 5.74) is 0. The number of hydrogen-bond acceptors (Lipinski definition) is 3. The van der Waals surface area contributed by atoms with Crippen LogP contribution in [0.15, 0.2) is 0 Å². The smallest absolute Gasteiger partial charge is 0.224 e. The molecule has 0 spiro atoms. The van der Waals surface area contributed by atoms with Gasteiger partial charge in [-0.25, -0.2) is 0 Å². The SMILES string of the molecule is CCOCCC(=O)N1CCC2CNCC2C1.Cl. The third-order valence-corrected chi connectivity index (χ3v) is 3.72. The Labute approximate surface area is 109 Å². The lowest BCUT2D eigenvalue weighted by Crippen LogP contribution is -2.43. The molecular formula is C12H23ClN2O2. The Balaban J connectivity index is 0.00000144. The Kier molecular flexibility index (Phi) is 6.23. The average molecular weight is 263 g/mol. The lowest BCUT2D eigenvalue weighted by atomic mass is 9.88. The molecule has 0 aromatic rings. The van der Waals surface area contributed by atoms with Gasteiger partial charge in [0.25, 0.3) is 0 Å². The standard InChI is InChI=1S/C12H22N2O2.ClH/c1-2-16-6-4-12(15)14-5-3-10-7-13-8-11(10)9-14;/h10-11,13H,2-9H2,1H3;1H. The highest BCUT2D eigenvalue weighted by Gasteiger charge is 2.34. The molecule has 2 unspecified atom stereocenters. The summed E-state index contributed by atoms with van der Waals surface area (Å²) in [6.07, 6.45) is 1.71. The number of hydrogen-bond donors (Lipinski definition) is 1. The fourth-order valence-corrected chi connectivity index (χ4v) is 2.72. The summed E-state index contributed by atoms with van der Waals surface area (Å²) in [5.74, 6) is 1.75. The van der Waals surface area contributed by atoms with Gasteiger partial charge in [-0.05, 0) is 38.3 Å². The average Bonchev–Trinajstić information content (AvgIpc) is 2.76. The molecule has 2 fully saturated rings. The third-order valence-electron chi connectivity index (χ3n) is 3.72. The van der Waals surface area contributed by atoms with Gasteiger partial charge in [-0.1, -0.05) is 0 Å². The molecule has 0 aromatic carbocycles. The van der Waals surface area contributed by atoms with Crippen LogP contribution in [0.2, 0.25) is 0 Å². The van der Waals surface area contributed by atoms with Crippen LogP contribution in [0.4, 0.5) is 0 Å². The molecule has 1 amide bonds. The monoisotopic (exact) mass is 262 g/mol. The van der Waals surface area contributed by atoms with Gasteiger partial charge in [0.1, 0.15) is 0 Å².